The fourth-order valence-corrected chi connectivity index (χ4v) is 4.07. The summed E-state index contributed by atoms with van der Waals surface area (Å²) < 4.78 is 11.0. The van der Waals surface area contributed by atoms with Gasteiger partial charge in [0.05, 0.1) is 26.4 Å². The number of aliphatic hydroxyl groups excluding tert-OH is 1. The fourth-order valence-electron chi connectivity index (χ4n) is 4.07. The molecule has 1 aliphatic heterocycles. The van der Waals surface area contributed by atoms with Crippen LogP contribution in [0, 0.1) is 0 Å². The fraction of sp³-hybridized carbons (Fsp3) is 0.333. The lowest BCUT2D eigenvalue weighted by Gasteiger charge is -2.36. The van der Waals surface area contributed by atoms with Crippen LogP contribution in [0.2, 0.25) is 0 Å². The Hall–Kier alpha value is -2.86. The second kappa shape index (κ2) is 11.1. The summed E-state index contributed by atoms with van der Waals surface area (Å²) in [4.78, 5) is 4.68. The summed E-state index contributed by atoms with van der Waals surface area (Å²) in [5, 5.41) is 10.4. The molecule has 1 N–H and O–H groups in total. The minimum absolute atomic E-state index is 0.346. The van der Waals surface area contributed by atoms with Crippen molar-refractivity contribution >= 4 is 5.69 Å². The predicted molar refractivity (Wildman–Crippen MR) is 129 cm³/mol. The van der Waals surface area contributed by atoms with Crippen LogP contribution in [0.4, 0.5) is 5.69 Å². The molecule has 0 bridgehead atoms. The first-order chi connectivity index (χ1) is 15.7. The Labute approximate surface area is 190 Å². The van der Waals surface area contributed by atoms with Gasteiger partial charge >= 0.3 is 0 Å². The molecule has 0 spiro atoms. The molecule has 0 aliphatic carbocycles. The maximum Gasteiger partial charge on any atom is 0.119 e. The third-order valence-corrected chi connectivity index (χ3v) is 5.92. The minimum atomic E-state index is -0.480. The van der Waals surface area contributed by atoms with E-state index in [4.69, 9.17) is 9.47 Å². The number of piperazine rings is 1. The topological polar surface area (TPSA) is 45.2 Å². The van der Waals surface area contributed by atoms with Gasteiger partial charge in [0, 0.05) is 38.4 Å². The summed E-state index contributed by atoms with van der Waals surface area (Å²) in [5.74, 6) is 0.877. The maximum absolute atomic E-state index is 10.4. The van der Waals surface area contributed by atoms with Crippen LogP contribution in [0.15, 0.2) is 78.9 Å². The highest BCUT2D eigenvalue weighted by Gasteiger charge is 2.19. The van der Waals surface area contributed by atoms with E-state index in [1.165, 1.54) is 16.8 Å². The lowest BCUT2D eigenvalue weighted by molar-refractivity contribution is 0.00914. The first-order valence-corrected chi connectivity index (χ1v) is 11.2. The molecule has 0 amide bonds. The SMILES string of the molecule is COc1ccc(N2CCN(C[C@H](O)COCc3ccc(-c4ccccc4)cc3)CC2)cc1. The van der Waals surface area contributed by atoms with Gasteiger partial charge in [-0.15, -0.1) is 0 Å². The molecule has 1 atom stereocenters. The van der Waals surface area contributed by atoms with Crippen molar-refractivity contribution in [1.82, 2.24) is 4.90 Å². The quantitative estimate of drug-likeness (QED) is 0.552. The van der Waals surface area contributed by atoms with Crippen LogP contribution >= 0.6 is 0 Å². The van der Waals surface area contributed by atoms with Crippen molar-refractivity contribution in [2.75, 3.05) is 51.3 Å². The molecule has 0 saturated carbocycles. The molecule has 5 heteroatoms. The van der Waals surface area contributed by atoms with E-state index in [1.807, 2.05) is 30.3 Å². The number of hydrogen-bond donors (Lipinski definition) is 1. The number of β-amino-alcohol motifs (C(OH)–C–C–N with tert-alkyl or cyclic N) is 1. The van der Waals surface area contributed by atoms with E-state index in [1.54, 1.807) is 7.11 Å². The largest absolute Gasteiger partial charge is 0.497 e. The molecule has 4 rings (SSSR count). The lowest BCUT2D eigenvalue weighted by atomic mass is 10.0. The zero-order valence-electron chi connectivity index (χ0n) is 18.7. The van der Waals surface area contributed by atoms with Gasteiger partial charge in [-0.3, -0.25) is 4.90 Å². The molecule has 0 aromatic heterocycles. The van der Waals surface area contributed by atoms with Crippen molar-refractivity contribution in [2.45, 2.75) is 12.7 Å². The van der Waals surface area contributed by atoms with E-state index in [2.05, 4.69) is 58.3 Å². The molecule has 0 unspecified atom stereocenters. The zero-order valence-corrected chi connectivity index (χ0v) is 18.7. The summed E-state index contributed by atoms with van der Waals surface area (Å²) in [6.45, 7) is 5.27. The lowest BCUT2D eigenvalue weighted by Crippen LogP contribution is -2.49. The molecule has 3 aromatic carbocycles. The second-order valence-corrected chi connectivity index (χ2v) is 8.22. The number of rotatable bonds is 9. The Morgan fingerprint density at radius 2 is 1.47 bits per heavy atom. The first-order valence-electron chi connectivity index (χ1n) is 11.2. The van der Waals surface area contributed by atoms with Crippen LogP contribution in [0.3, 0.4) is 0 Å². The Morgan fingerprint density at radius 3 is 2.12 bits per heavy atom. The van der Waals surface area contributed by atoms with Crippen LogP contribution < -0.4 is 9.64 Å². The van der Waals surface area contributed by atoms with Crippen molar-refractivity contribution < 1.29 is 14.6 Å². The highest BCUT2D eigenvalue weighted by molar-refractivity contribution is 5.63. The summed E-state index contributed by atoms with van der Waals surface area (Å²) in [6.07, 6.45) is -0.480. The average molecular weight is 433 g/mol. The van der Waals surface area contributed by atoms with Gasteiger partial charge in [0.25, 0.3) is 0 Å². The number of aliphatic hydroxyl groups is 1. The van der Waals surface area contributed by atoms with Crippen molar-refractivity contribution in [3.05, 3.63) is 84.4 Å². The molecule has 1 saturated heterocycles. The third kappa shape index (κ3) is 6.10. The van der Waals surface area contributed by atoms with Crippen LogP contribution in [0.1, 0.15) is 5.56 Å². The molecule has 3 aromatic rings. The van der Waals surface area contributed by atoms with Gasteiger partial charge in [0.1, 0.15) is 5.75 Å². The number of hydrogen-bond acceptors (Lipinski definition) is 5. The molecule has 1 aliphatic rings. The highest BCUT2D eigenvalue weighted by atomic mass is 16.5. The van der Waals surface area contributed by atoms with E-state index in [0.717, 1.165) is 37.5 Å². The summed E-state index contributed by atoms with van der Waals surface area (Å²) in [7, 11) is 1.68. The number of ether oxygens (including phenoxy) is 2. The van der Waals surface area contributed by atoms with Gasteiger partial charge < -0.3 is 19.5 Å². The van der Waals surface area contributed by atoms with Crippen LogP contribution in [0.5, 0.6) is 5.75 Å². The van der Waals surface area contributed by atoms with E-state index < -0.39 is 6.10 Å². The molecule has 1 heterocycles. The summed E-state index contributed by atoms with van der Waals surface area (Å²) in [5.41, 5.74) is 4.74. The standard InChI is InChI=1S/C27H32N2O3/c1-31-27-13-11-25(12-14-27)29-17-15-28(16-18-29)19-26(30)21-32-20-22-7-9-24(10-8-22)23-5-3-2-4-6-23/h2-14,26,30H,15-21H2,1H3/t26-/m0/s1. The van der Waals surface area contributed by atoms with Crippen molar-refractivity contribution in [2.24, 2.45) is 0 Å². The van der Waals surface area contributed by atoms with Crippen LogP contribution in [0.25, 0.3) is 11.1 Å². The molecule has 1 fully saturated rings. The van der Waals surface area contributed by atoms with Crippen molar-refractivity contribution in [3.63, 3.8) is 0 Å². The first kappa shape index (κ1) is 22.3. The van der Waals surface area contributed by atoms with Gasteiger partial charge in [0.15, 0.2) is 0 Å². The van der Waals surface area contributed by atoms with E-state index >= 15 is 0 Å². The molecule has 32 heavy (non-hydrogen) atoms. The summed E-state index contributed by atoms with van der Waals surface area (Å²) in [6, 6.07) is 27.0. The average Bonchev–Trinajstić information content (AvgIpc) is 2.85. The van der Waals surface area contributed by atoms with Gasteiger partial charge in [-0.2, -0.15) is 0 Å². The van der Waals surface area contributed by atoms with Crippen molar-refractivity contribution in [1.29, 1.82) is 0 Å². The number of benzene rings is 3. The monoisotopic (exact) mass is 432 g/mol. The van der Waals surface area contributed by atoms with Gasteiger partial charge in [0.2, 0.25) is 0 Å². The summed E-state index contributed by atoms with van der Waals surface area (Å²) >= 11 is 0. The normalized spacial score (nSPS) is 15.5. The van der Waals surface area contributed by atoms with Gasteiger partial charge in [-0.25, -0.2) is 0 Å². The van der Waals surface area contributed by atoms with Crippen LogP contribution in [-0.2, 0) is 11.3 Å². The van der Waals surface area contributed by atoms with Gasteiger partial charge in [-0.05, 0) is 41.0 Å². The molecular weight excluding hydrogens is 400 g/mol. The maximum atomic E-state index is 10.4. The van der Waals surface area contributed by atoms with E-state index in [9.17, 15) is 5.11 Å². The molecular formula is C27H32N2O3. The van der Waals surface area contributed by atoms with Crippen LogP contribution in [-0.4, -0.2) is 62.6 Å². The Morgan fingerprint density at radius 1 is 0.812 bits per heavy atom. The van der Waals surface area contributed by atoms with E-state index in [-0.39, 0.29) is 0 Å². The molecule has 0 radical (unpaired) electrons. The number of methoxy groups -OCH3 is 1. The van der Waals surface area contributed by atoms with E-state index in [0.29, 0.717) is 19.8 Å². The smallest absolute Gasteiger partial charge is 0.119 e. The number of nitrogens with zero attached hydrogens (tertiary/aromatic N) is 2. The Bertz CT molecular complexity index is 937. The van der Waals surface area contributed by atoms with Gasteiger partial charge in [-0.1, -0.05) is 54.6 Å². The Balaban J connectivity index is 1.16. The zero-order chi connectivity index (χ0) is 22.2. The second-order valence-electron chi connectivity index (χ2n) is 8.22. The third-order valence-electron chi connectivity index (χ3n) is 5.92. The van der Waals surface area contributed by atoms with Crippen molar-refractivity contribution in [3.8, 4) is 16.9 Å². The predicted octanol–water partition coefficient (Wildman–Crippen LogP) is 4.06. The Kier molecular flexibility index (Phi) is 7.77. The molecule has 168 valence electrons. The molecule has 5 nitrogen and oxygen atoms in total. The highest BCUT2D eigenvalue weighted by Crippen LogP contribution is 2.21. The number of anilines is 1. The minimum Gasteiger partial charge on any atom is -0.497 e.